The number of methoxy groups -OCH3 is 1. The van der Waals surface area contributed by atoms with Gasteiger partial charge >= 0.3 is 0 Å². The van der Waals surface area contributed by atoms with E-state index in [0.29, 0.717) is 43.1 Å². The third-order valence-corrected chi connectivity index (χ3v) is 18.6. The fraction of sp³-hybridized carbons (Fsp3) is 0.431. The van der Waals surface area contributed by atoms with Gasteiger partial charge in [-0.2, -0.15) is 0 Å². The number of nitrogens with zero attached hydrogens (tertiary/aromatic N) is 4. The molecule has 1 spiro atoms. The van der Waals surface area contributed by atoms with Crippen molar-refractivity contribution < 1.29 is 32.7 Å². The van der Waals surface area contributed by atoms with E-state index in [1.165, 1.54) is 28.8 Å². The van der Waals surface area contributed by atoms with Gasteiger partial charge in [-0.3, -0.25) is 24.7 Å². The van der Waals surface area contributed by atoms with E-state index in [4.69, 9.17) is 9.47 Å². The number of nitro groups is 1. The Labute approximate surface area is 438 Å². The molecule has 2 saturated heterocycles. The third kappa shape index (κ3) is 11.3. The van der Waals surface area contributed by atoms with Crippen molar-refractivity contribution in [3.8, 4) is 17.2 Å². The lowest BCUT2D eigenvalue weighted by atomic mass is 9.59. The standard InChI is InChI=1S/C58H68N6O8S2/c1-39(2)48-7-5-6-8-49(48)53-38-61(37-41-9-12-45(71-4)13-10-41)28-29-63(53)44-34-58(35-44)24-26-62(27-25-58)43-11-16-50(54(32-43)72-46-14-18-55-42(31-46)21-30-73-55)56(65)60-74(69,70)47-15-17-51(52(33-47)64(67)68)59-36-40-19-22-57(3,66)23-20-40/h5-18,21,30-33,39-40,44,53,59,66H,19-20,22-29,34-38H2,1-4H3,(H,60,65). The molecule has 0 bridgehead atoms. The van der Waals surface area contributed by atoms with Gasteiger partial charge in [0.15, 0.2) is 0 Å². The van der Waals surface area contributed by atoms with Gasteiger partial charge in [0.1, 0.15) is 22.9 Å². The van der Waals surface area contributed by atoms with Crippen molar-refractivity contribution in [2.45, 2.75) is 107 Å². The van der Waals surface area contributed by atoms with Crippen LogP contribution < -0.4 is 24.4 Å². The van der Waals surface area contributed by atoms with Crippen LogP contribution in [0.4, 0.5) is 17.1 Å². The molecule has 10 rings (SSSR count). The van der Waals surface area contributed by atoms with Crippen LogP contribution in [0.25, 0.3) is 10.1 Å². The van der Waals surface area contributed by atoms with Crippen molar-refractivity contribution in [1.82, 2.24) is 14.5 Å². The number of nitrogens with one attached hydrogen (secondary N) is 2. The molecule has 390 valence electrons. The van der Waals surface area contributed by atoms with Crippen LogP contribution in [0.15, 0.2) is 119 Å². The number of piperazine rings is 1. The van der Waals surface area contributed by atoms with E-state index in [1.54, 1.807) is 24.5 Å². The number of benzene rings is 5. The highest BCUT2D eigenvalue weighted by molar-refractivity contribution is 7.90. The number of amides is 1. The number of sulfonamides is 1. The summed E-state index contributed by atoms with van der Waals surface area (Å²) in [6.45, 7) is 12.4. The molecule has 1 unspecified atom stereocenters. The van der Waals surface area contributed by atoms with Gasteiger partial charge in [-0.1, -0.05) is 50.2 Å². The van der Waals surface area contributed by atoms with E-state index in [-0.39, 0.29) is 28.3 Å². The molecule has 6 aromatic rings. The molecule has 0 radical (unpaired) electrons. The molecule has 1 aromatic heterocycles. The summed E-state index contributed by atoms with van der Waals surface area (Å²) in [6, 6.07) is 34.8. The zero-order valence-electron chi connectivity index (χ0n) is 42.8. The second-order valence-corrected chi connectivity index (χ2v) is 24.4. The summed E-state index contributed by atoms with van der Waals surface area (Å²) in [5.41, 5.74) is 4.33. The largest absolute Gasteiger partial charge is 0.497 e. The van der Waals surface area contributed by atoms with Gasteiger partial charge < -0.3 is 24.8 Å². The summed E-state index contributed by atoms with van der Waals surface area (Å²) < 4.78 is 42.9. The number of nitro benzene ring substituents is 1. The summed E-state index contributed by atoms with van der Waals surface area (Å²) in [5, 5.41) is 28.7. The Balaban J connectivity index is 0.830. The molecule has 5 aromatic carbocycles. The molecule has 2 aliphatic carbocycles. The lowest BCUT2D eigenvalue weighted by Crippen LogP contribution is -2.60. The summed E-state index contributed by atoms with van der Waals surface area (Å²) in [6.07, 6.45) is 7.18. The lowest BCUT2D eigenvalue weighted by Gasteiger charge is -2.58. The Morgan fingerprint density at radius 3 is 2.36 bits per heavy atom. The predicted molar refractivity (Wildman–Crippen MR) is 292 cm³/mol. The average molecular weight is 1040 g/mol. The minimum Gasteiger partial charge on any atom is -0.497 e. The van der Waals surface area contributed by atoms with Crippen LogP contribution >= 0.6 is 11.3 Å². The maximum Gasteiger partial charge on any atom is 0.293 e. The predicted octanol–water partition coefficient (Wildman–Crippen LogP) is 11.5. The Kier molecular flexibility index (Phi) is 14.8. The number of aliphatic hydroxyl groups is 1. The van der Waals surface area contributed by atoms with Crippen molar-refractivity contribution >= 4 is 54.4 Å². The van der Waals surface area contributed by atoms with Crippen molar-refractivity contribution in [1.29, 1.82) is 0 Å². The summed E-state index contributed by atoms with van der Waals surface area (Å²) in [5.74, 6) is 1.27. The Hall–Kier alpha value is -6.04. The van der Waals surface area contributed by atoms with Crippen LogP contribution in [-0.4, -0.2) is 92.2 Å². The topological polar surface area (TPSA) is 167 Å². The van der Waals surface area contributed by atoms with Gasteiger partial charge in [-0.05, 0) is 164 Å². The monoisotopic (exact) mass is 1040 g/mol. The molecule has 4 aliphatic rings. The molecule has 3 heterocycles. The van der Waals surface area contributed by atoms with E-state index in [1.807, 2.05) is 60.8 Å². The van der Waals surface area contributed by atoms with Gasteiger partial charge in [0, 0.05) is 80.4 Å². The minimum atomic E-state index is -4.57. The number of ether oxygens (including phenoxy) is 2. The molecule has 1 amide bonds. The molecule has 14 nitrogen and oxygen atoms in total. The molecule has 3 N–H and O–H groups in total. The first-order chi connectivity index (χ1) is 35.5. The van der Waals surface area contributed by atoms with E-state index in [2.05, 4.69) is 75.0 Å². The summed E-state index contributed by atoms with van der Waals surface area (Å²) in [4.78, 5) is 33.1. The van der Waals surface area contributed by atoms with Crippen molar-refractivity contribution in [2.75, 3.05) is 56.6 Å². The Morgan fingerprint density at radius 2 is 1.64 bits per heavy atom. The lowest BCUT2D eigenvalue weighted by molar-refractivity contribution is -0.384. The highest BCUT2D eigenvalue weighted by Gasteiger charge is 2.50. The molecule has 2 saturated carbocycles. The Morgan fingerprint density at radius 1 is 0.892 bits per heavy atom. The van der Waals surface area contributed by atoms with Crippen LogP contribution in [0.2, 0.25) is 0 Å². The molecule has 2 aliphatic heterocycles. The number of anilines is 2. The normalized spacial score (nSPS) is 21.6. The second-order valence-electron chi connectivity index (χ2n) is 21.8. The van der Waals surface area contributed by atoms with Gasteiger partial charge in [-0.15, -0.1) is 11.3 Å². The van der Waals surface area contributed by atoms with E-state index < -0.39 is 37.0 Å². The molecular weight excluding hydrogens is 973 g/mol. The number of piperidine rings is 1. The van der Waals surface area contributed by atoms with Crippen LogP contribution in [0, 0.1) is 21.4 Å². The number of rotatable bonds is 16. The molecule has 1 atom stereocenters. The van der Waals surface area contributed by atoms with E-state index in [0.717, 1.165) is 105 Å². The number of thiophene rings is 1. The number of hydrogen-bond donors (Lipinski definition) is 3. The SMILES string of the molecule is COc1ccc(CN2CCN(C3CC4(CCN(c5ccc(C(=O)NS(=O)(=O)c6ccc(NCC7CCC(C)(O)CC7)c([N+](=O)[O-])c6)c(Oc6ccc7sccc7c6)c5)CC4)C3)C(c3ccccc3C(C)C)C2)cc1. The first kappa shape index (κ1) is 51.4. The van der Waals surface area contributed by atoms with Crippen LogP contribution in [-0.2, 0) is 16.6 Å². The highest BCUT2D eigenvalue weighted by Crippen LogP contribution is 2.53. The smallest absolute Gasteiger partial charge is 0.293 e. The number of fused-ring (bicyclic) bond motifs is 1. The van der Waals surface area contributed by atoms with Gasteiger partial charge in [0.05, 0.1) is 28.1 Å². The van der Waals surface area contributed by atoms with Crippen LogP contribution in [0.5, 0.6) is 17.2 Å². The average Bonchev–Trinajstić information content (AvgIpc) is 3.86. The maximum atomic E-state index is 14.1. The van der Waals surface area contributed by atoms with Gasteiger partial charge in [0.25, 0.3) is 21.6 Å². The van der Waals surface area contributed by atoms with Crippen LogP contribution in [0.1, 0.15) is 111 Å². The summed E-state index contributed by atoms with van der Waals surface area (Å²) >= 11 is 1.61. The molecule has 4 fully saturated rings. The number of carbonyl (C=O) groups excluding carboxylic acids is 1. The number of carbonyl (C=O) groups is 1. The molecule has 74 heavy (non-hydrogen) atoms. The van der Waals surface area contributed by atoms with Gasteiger partial charge in [-0.25, -0.2) is 13.1 Å². The van der Waals surface area contributed by atoms with Crippen molar-refractivity contribution in [3.63, 3.8) is 0 Å². The zero-order valence-corrected chi connectivity index (χ0v) is 44.4. The first-order valence-corrected chi connectivity index (χ1v) is 28.5. The van der Waals surface area contributed by atoms with Crippen molar-refractivity contribution in [3.05, 3.63) is 147 Å². The Bertz CT molecular complexity index is 3100. The van der Waals surface area contributed by atoms with Gasteiger partial charge in [0.2, 0.25) is 0 Å². The highest BCUT2D eigenvalue weighted by atomic mass is 32.2. The first-order valence-electron chi connectivity index (χ1n) is 26.1. The van der Waals surface area contributed by atoms with E-state index in [9.17, 15) is 28.4 Å². The second kappa shape index (κ2) is 21.3. The van der Waals surface area contributed by atoms with E-state index >= 15 is 0 Å². The molecule has 16 heteroatoms. The zero-order chi connectivity index (χ0) is 51.8. The minimum absolute atomic E-state index is 0.00925. The van der Waals surface area contributed by atoms with Crippen LogP contribution in [0.3, 0.4) is 0 Å². The summed E-state index contributed by atoms with van der Waals surface area (Å²) in [7, 11) is -2.87. The fourth-order valence-corrected chi connectivity index (χ4v) is 13.7. The third-order valence-electron chi connectivity index (χ3n) is 16.4. The quantitative estimate of drug-likeness (QED) is 0.0621. The maximum absolute atomic E-state index is 14.1. The number of hydrogen-bond acceptors (Lipinski definition) is 13. The van der Waals surface area contributed by atoms with Crippen molar-refractivity contribution in [2.24, 2.45) is 11.3 Å². The molecular formula is C58H68N6O8S2. The fourth-order valence-electron chi connectivity index (χ4n) is 12.0.